The van der Waals surface area contributed by atoms with E-state index in [9.17, 15) is 43.5 Å². The Bertz CT molecular complexity index is 2580. The van der Waals surface area contributed by atoms with E-state index in [1.807, 2.05) is 0 Å². The number of carbonyl (C=O) groups excluding carboxylic acids is 3. The molecule has 0 bridgehead atoms. The van der Waals surface area contributed by atoms with E-state index < -0.39 is 91.5 Å². The predicted molar refractivity (Wildman–Crippen MR) is 445 cm³/mol. The molecule has 0 saturated heterocycles. The van der Waals surface area contributed by atoms with E-state index in [1.54, 1.807) is 0 Å². The van der Waals surface area contributed by atoms with Crippen LogP contribution >= 0.6 is 15.6 Å². The molecule has 4 N–H and O–H groups in total. The maximum absolute atomic E-state index is 13.0. The number of phosphoric ester groups is 2. The highest BCUT2D eigenvalue weighted by Gasteiger charge is 2.29. The monoisotopic (exact) mass is 1540 g/mol. The lowest BCUT2D eigenvalue weighted by molar-refractivity contribution is -0.161. The van der Waals surface area contributed by atoms with Gasteiger partial charge in [-0.1, -0.05) is 320 Å². The summed E-state index contributed by atoms with van der Waals surface area (Å²) in [7, 11) is -9.81. The van der Waals surface area contributed by atoms with Crippen LogP contribution in [-0.2, 0) is 55.8 Å². The van der Waals surface area contributed by atoms with E-state index in [1.165, 1.54) is 77.0 Å². The van der Waals surface area contributed by atoms with Crippen molar-refractivity contribution in [2.45, 2.75) is 347 Å². The van der Waals surface area contributed by atoms with E-state index in [2.05, 4.69) is 179 Å². The topological polar surface area (TPSA) is 231 Å². The van der Waals surface area contributed by atoms with Crippen molar-refractivity contribution in [3.63, 3.8) is 0 Å². The molecule has 18 heteroatoms. The highest BCUT2D eigenvalue weighted by Crippen LogP contribution is 2.45. The molecule has 612 valence electrons. The molecule has 107 heavy (non-hydrogen) atoms. The Labute approximate surface area is 650 Å². The third-order valence-electron chi connectivity index (χ3n) is 17.2. The second kappa shape index (κ2) is 80.7. The molecule has 0 aliphatic rings. The second-order valence-corrected chi connectivity index (χ2v) is 30.4. The minimum atomic E-state index is -4.95. The van der Waals surface area contributed by atoms with Crippen LogP contribution in [0.4, 0.5) is 0 Å². The number of unbranched alkanes of at least 4 members (excludes halogenated alkanes) is 29. The number of phosphoric acid groups is 2. The van der Waals surface area contributed by atoms with E-state index >= 15 is 0 Å². The Hall–Kier alpha value is -4.83. The maximum Gasteiger partial charge on any atom is 0.472 e. The summed E-state index contributed by atoms with van der Waals surface area (Å²) in [5.41, 5.74) is 0. The lowest BCUT2D eigenvalue weighted by Gasteiger charge is -2.21. The van der Waals surface area contributed by atoms with Crippen LogP contribution in [0.1, 0.15) is 329 Å². The van der Waals surface area contributed by atoms with Gasteiger partial charge in [-0.15, -0.1) is 0 Å². The third-order valence-corrected chi connectivity index (χ3v) is 19.1. The van der Waals surface area contributed by atoms with Crippen LogP contribution in [0.2, 0.25) is 0 Å². The van der Waals surface area contributed by atoms with Crippen molar-refractivity contribution in [3.8, 4) is 0 Å². The summed E-state index contributed by atoms with van der Waals surface area (Å²) >= 11 is 0. The van der Waals surface area contributed by atoms with Crippen molar-refractivity contribution >= 4 is 33.6 Å². The van der Waals surface area contributed by atoms with Crippen LogP contribution in [0.25, 0.3) is 0 Å². The molecule has 0 aromatic rings. The molecule has 0 heterocycles. The van der Waals surface area contributed by atoms with Gasteiger partial charge in [0, 0.05) is 19.3 Å². The summed E-state index contributed by atoms with van der Waals surface area (Å²) < 4.78 is 61.3. The molecule has 0 aromatic heterocycles. The predicted octanol–water partition coefficient (Wildman–Crippen LogP) is 25.0. The normalized spacial score (nSPS) is 14.7. The maximum atomic E-state index is 13.0. The Morgan fingerprint density at radius 2 is 0.495 bits per heavy atom. The molecule has 0 aliphatic carbocycles. The number of hydrogen-bond donors (Lipinski definition) is 4. The number of aliphatic hydroxyl groups excluding tert-OH is 2. The highest BCUT2D eigenvalue weighted by molar-refractivity contribution is 7.47. The lowest BCUT2D eigenvalue weighted by atomic mass is 10.0. The zero-order valence-electron chi connectivity index (χ0n) is 67.0. The van der Waals surface area contributed by atoms with Crippen molar-refractivity contribution < 1.29 is 75.8 Å². The molecule has 5 unspecified atom stereocenters. The van der Waals surface area contributed by atoms with E-state index in [0.717, 1.165) is 193 Å². The summed E-state index contributed by atoms with van der Waals surface area (Å²) in [4.78, 5) is 58.8. The summed E-state index contributed by atoms with van der Waals surface area (Å²) in [6, 6.07) is 0. The Kier molecular flexibility index (Phi) is 77.0. The number of aliphatic hydroxyl groups is 2. The smallest absolute Gasteiger partial charge is 0.463 e. The molecule has 0 rings (SSSR count). The highest BCUT2D eigenvalue weighted by atomic mass is 31.2. The van der Waals surface area contributed by atoms with Crippen LogP contribution < -0.4 is 0 Å². The van der Waals surface area contributed by atoms with E-state index in [0.29, 0.717) is 19.3 Å². The minimum Gasteiger partial charge on any atom is -0.463 e. The van der Waals surface area contributed by atoms with Gasteiger partial charge >= 0.3 is 33.6 Å². The van der Waals surface area contributed by atoms with Gasteiger partial charge < -0.3 is 34.2 Å². The number of rotatable bonds is 78. The van der Waals surface area contributed by atoms with Gasteiger partial charge in [0.05, 0.1) is 26.4 Å². The molecule has 0 fully saturated rings. The summed E-state index contributed by atoms with van der Waals surface area (Å²) in [5.74, 6) is -1.60. The first-order chi connectivity index (χ1) is 52.2. The fraction of sp³-hybridized carbons (Fsp3) is 0.674. The quantitative estimate of drug-likeness (QED) is 0.0146. The van der Waals surface area contributed by atoms with Crippen molar-refractivity contribution in [3.05, 3.63) is 158 Å². The first kappa shape index (κ1) is 102. The summed E-state index contributed by atoms with van der Waals surface area (Å²) in [5, 5.41) is 20.7. The van der Waals surface area contributed by atoms with Gasteiger partial charge in [0.15, 0.2) is 6.10 Å². The molecular formula is C89H150O16P2. The zero-order chi connectivity index (χ0) is 78.0. The van der Waals surface area contributed by atoms with Crippen LogP contribution in [-0.4, -0.2) is 95.9 Å². The van der Waals surface area contributed by atoms with Crippen LogP contribution in [0.5, 0.6) is 0 Å². The molecule has 0 saturated carbocycles. The van der Waals surface area contributed by atoms with Crippen molar-refractivity contribution in [2.75, 3.05) is 39.6 Å². The SMILES string of the molecule is CC/C=C\C/C=C\C/C=C\C/C=C\C/C=C\CCCCCCCCCCCCCCCC(=O)OCC(O)COP(=O)(O)OCC(O)COP(=O)(O)OCC(COC(=O)CCCCCCCCC/C=C\C/C=C\C/C=C\C/C=C\C/C=C\CC)OC(=O)CCCCCCCC/C=C\C/C=C\C/C=C\CCCCC. The average molecular weight is 1540 g/mol. The average Bonchev–Trinajstić information content (AvgIpc) is 0.907. The Balaban J connectivity index is 4.62. The molecule has 0 spiro atoms. The molecular weight excluding hydrogens is 1390 g/mol. The van der Waals surface area contributed by atoms with Gasteiger partial charge in [-0.2, -0.15) is 0 Å². The van der Waals surface area contributed by atoms with E-state index in [-0.39, 0.29) is 19.3 Å². The molecule has 0 aliphatic heterocycles. The number of ether oxygens (including phenoxy) is 3. The van der Waals surface area contributed by atoms with Crippen molar-refractivity contribution in [1.29, 1.82) is 0 Å². The summed E-state index contributed by atoms with van der Waals surface area (Å²) in [6.45, 7) is 2.42. The van der Waals surface area contributed by atoms with Gasteiger partial charge in [-0.25, -0.2) is 9.13 Å². The minimum absolute atomic E-state index is 0.0832. The third kappa shape index (κ3) is 82.0. The Morgan fingerprint density at radius 1 is 0.271 bits per heavy atom. The number of allylic oxidation sites excluding steroid dienone is 26. The van der Waals surface area contributed by atoms with Crippen LogP contribution in [0.15, 0.2) is 158 Å². The first-order valence-corrected chi connectivity index (χ1v) is 44.8. The number of hydrogen-bond acceptors (Lipinski definition) is 14. The summed E-state index contributed by atoms with van der Waals surface area (Å²) in [6.07, 6.45) is 101. The number of esters is 3. The van der Waals surface area contributed by atoms with Gasteiger partial charge in [0.2, 0.25) is 0 Å². The van der Waals surface area contributed by atoms with Gasteiger partial charge in [-0.3, -0.25) is 32.5 Å². The van der Waals surface area contributed by atoms with Crippen molar-refractivity contribution in [1.82, 2.24) is 0 Å². The molecule has 5 atom stereocenters. The largest absolute Gasteiger partial charge is 0.472 e. The van der Waals surface area contributed by atoms with Gasteiger partial charge in [-0.05, 0) is 148 Å². The fourth-order valence-corrected chi connectivity index (χ4v) is 12.5. The van der Waals surface area contributed by atoms with Crippen LogP contribution in [0, 0.1) is 0 Å². The molecule has 0 amide bonds. The van der Waals surface area contributed by atoms with E-state index in [4.69, 9.17) is 32.3 Å². The standard InChI is InChI=1S/C89H150O16P2/c1-4-7-10-13-16-19-22-25-28-31-34-36-38-39-40-41-42-43-45-47-49-51-54-57-60-63-66-69-72-75-87(92)99-78-84(90)79-101-106(95,96)102-80-85(91)81-103-107(97,98)104-83-86(105-89(94)77-74-71-68-65-62-59-56-53-48-33-30-27-24-21-18-15-12-9-6-3)82-100-88(93)76-73-70-67-64-61-58-55-52-50-46-44-37-35-32-29-26-23-20-17-14-11-8-5-2/h7-8,10-11,16-21,25-30,34-37,39-40,46,48,50,53,84-86,90-91H,4-6,9,12-15,22-24,31-33,38,41-45,47,49,51-52,54-83H2,1-3H3,(H,95,96)(H,97,98)/b10-7-,11-8-,19-16-,20-17-,21-18-,28-25-,29-26-,30-27-,36-34-,37-35-,40-39-,50-46-,53-48-. The molecule has 0 radical (unpaired) electrons. The number of carbonyl (C=O) groups is 3. The lowest BCUT2D eigenvalue weighted by Crippen LogP contribution is -2.30. The van der Waals surface area contributed by atoms with Crippen LogP contribution in [0.3, 0.4) is 0 Å². The Morgan fingerprint density at radius 3 is 0.785 bits per heavy atom. The molecule has 0 aromatic carbocycles. The van der Waals surface area contributed by atoms with Crippen molar-refractivity contribution in [2.24, 2.45) is 0 Å². The molecule has 16 nitrogen and oxygen atoms in total. The van der Waals surface area contributed by atoms with Gasteiger partial charge in [0.1, 0.15) is 25.4 Å². The fourth-order valence-electron chi connectivity index (χ4n) is 10.9. The first-order valence-electron chi connectivity index (χ1n) is 41.8. The van der Waals surface area contributed by atoms with Gasteiger partial charge in [0.25, 0.3) is 0 Å². The second-order valence-electron chi connectivity index (χ2n) is 27.5. The zero-order valence-corrected chi connectivity index (χ0v) is 68.8.